The third-order valence-electron chi connectivity index (χ3n) is 3.20. The van der Waals surface area contributed by atoms with Crippen molar-refractivity contribution in [3.63, 3.8) is 0 Å². The summed E-state index contributed by atoms with van der Waals surface area (Å²) in [6, 6.07) is 6.89. The lowest BCUT2D eigenvalue weighted by atomic mass is 10.2. The van der Waals surface area contributed by atoms with Crippen molar-refractivity contribution in [3.05, 3.63) is 29.3 Å². The minimum atomic E-state index is -0.726. The van der Waals surface area contributed by atoms with Crippen molar-refractivity contribution in [1.29, 1.82) is 0 Å². The number of carbonyl (C=O) groups is 1. The van der Waals surface area contributed by atoms with Gasteiger partial charge in [-0.1, -0.05) is 11.6 Å². The van der Waals surface area contributed by atoms with Crippen LogP contribution in [0.15, 0.2) is 24.3 Å². The normalized spacial score (nSPS) is 19.8. The van der Waals surface area contributed by atoms with Crippen molar-refractivity contribution in [2.24, 2.45) is 0 Å². The lowest BCUT2D eigenvalue weighted by Crippen LogP contribution is -2.47. The quantitative estimate of drug-likeness (QED) is 0.818. The molecular weight excluding hydrogens is 298 g/mol. The number of thioether (sulfide) groups is 1. The summed E-state index contributed by atoms with van der Waals surface area (Å²) >= 11 is 7.51. The standard InChI is InChI=1S/C14H18ClNO3S/c15-11-2-4-12(5-3-11)19-8-1-6-16-7-9-20-10-13(16)14(17)18/h2-5,13H,1,6-10H2,(H,17,18). The number of rotatable bonds is 6. The van der Waals surface area contributed by atoms with Crippen LogP contribution < -0.4 is 4.74 Å². The SMILES string of the molecule is O=C(O)C1CSCCN1CCCOc1ccc(Cl)cc1. The minimum absolute atomic E-state index is 0.357. The molecule has 110 valence electrons. The summed E-state index contributed by atoms with van der Waals surface area (Å²) in [6.07, 6.45) is 0.817. The fraction of sp³-hybridized carbons (Fsp3) is 0.500. The summed E-state index contributed by atoms with van der Waals surface area (Å²) in [5.41, 5.74) is 0. The number of carboxylic acid groups (broad SMARTS) is 1. The zero-order valence-corrected chi connectivity index (χ0v) is 12.7. The van der Waals surface area contributed by atoms with E-state index in [0.717, 1.165) is 31.0 Å². The van der Waals surface area contributed by atoms with Crippen LogP contribution >= 0.6 is 23.4 Å². The van der Waals surface area contributed by atoms with Crippen LogP contribution in [0.5, 0.6) is 5.75 Å². The molecule has 0 spiro atoms. The fourth-order valence-corrected chi connectivity index (χ4v) is 3.35. The van der Waals surface area contributed by atoms with Gasteiger partial charge in [-0.3, -0.25) is 9.69 Å². The molecule has 4 nitrogen and oxygen atoms in total. The second kappa shape index (κ2) is 7.76. The molecule has 1 atom stereocenters. The first-order valence-corrected chi connectivity index (χ1v) is 8.13. The molecule has 0 aliphatic carbocycles. The molecule has 0 radical (unpaired) electrons. The average Bonchev–Trinajstić information content (AvgIpc) is 2.46. The van der Waals surface area contributed by atoms with Gasteiger partial charge in [0.25, 0.3) is 0 Å². The highest BCUT2D eigenvalue weighted by atomic mass is 35.5. The van der Waals surface area contributed by atoms with E-state index in [-0.39, 0.29) is 6.04 Å². The van der Waals surface area contributed by atoms with Crippen LogP contribution in [0.25, 0.3) is 0 Å². The van der Waals surface area contributed by atoms with E-state index in [9.17, 15) is 9.90 Å². The van der Waals surface area contributed by atoms with E-state index >= 15 is 0 Å². The first-order valence-electron chi connectivity index (χ1n) is 6.60. The van der Waals surface area contributed by atoms with Gasteiger partial charge in [-0.15, -0.1) is 0 Å². The molecule has 1 aliphatic heterocycles. The van der Waals surface area contributed by atoms with Crippen molar-refractivity contribution in [3.8, 4) is 5.75 Å². The molecular formula is C14H18ClNO3S. The van der Waals surface area contributed by atoms with Crippen LogP contribution in [0.1, 0.15) is 6.42 Å². The molecule has 1 aromatic carbocycles. The first kappa shape index (κ1) is 15.5. The Kier molecular flexibility index (Phi) is 6.01. The molecule has 1 fully saturated rings. The topological polar surface area (TPSA) is 49.8 Å². The van der Waals surface area contributed by atoms with Crippen LogP contribution in [0.2, 0.25) is 5.02 Å². The van der Waals surface area contributed by atoms with Crippen LogP contribution in [0.4, 0.5) is 0 Å². The Bertz CT molecular complexity index is 441. The second-order valence-corrected chi connectivity index (χ2v) is 6.21. The predicted octanol–water partition coefficient (Wildman–Crippen LogP) is 2.61. The lowest BCUT2D eigenvalue weighted by Gasteiger charge is -2.32. The largest absolute Gasteiger partial charge is 0.494 e. The number of carboxylic acids is 1. The van der Waals surface area contributed by atoms with Crippen LogP contribution in [0.3, 0.4) is 0 Å². The first-order chi connectivity index (χ1) is 9.66. The van der Waals surface area contributed by atoms with Crippen LogP contribution in [0, 0.1) is 0 Å². The Balaban J connectivity index is 1.72. The smallest absolute Gasteiger partial charge is 0.321 e. The summed E-state index contributed by atoms with van der Waals surface area (Å²) < 4.78 is 5.61. The molecule has 1 unspecified atom stereocenters. The number of ether oxygens (including phenoxy) is 1. The van der Waals surface area contributed by atoms with Crippen molar-refractivity contribution in [2.75, 3.05) is 31.2 Å². The number of benzene rings is 1. The minimum Gasteiger partial charge on any atom is -0.494 e. The summed E-state index contributed by atoms with van der Waals surface area (Å²) in [7, 11) is 0. The van der Waals surface area contributed by atoms with E-state index in [4.69, 9.17) is 16.3 Å². The van der Waals surface area contributed by atoms with Crippen LogP contribution in [-0.2, 0) is 4.79 Å². The van der Waals surface area contributed by atoms with E-state index in [0.29, 0.717) is 17.4 Å². The van der Waals surface area contributed by atoms with E-state index in [1.165, 1.54) is 0 Å². The highest BCUT2D eigenvalue weighted by Gasteiger charge is 2.28. The molecule has 0 saturated carbocycles. The molecule has 1 aliphatic rings. The molecule has 6 heteroatoms. The van der Waals surface area contributed by atoms with Crippen molar-refractivity contribution in [2.45, 2.75) is 12.5 Å². The maximum absolute atomic E-state index is 11.2. The van der Waals surface area contributed by atoms with Crippen molar-refractivity contribution in [1.82, 2.24) is 4.90 Å². The second-order valence-electron chi connectivity index (χ2n) is 4.62. The maximum Gasteiger partial charge on any atom is 0.321 e. The third kappa shape index (κ3) is 4.58. The Morgan fingerprint density at radius 3 is 2.90 bits per heavy atom. The molecule has 1 N–H and O–H groups in total. The van der Waals surface area contributed by atoms with E-state index in [1.807, 2.05) is 17.0 Å². The van der Waals surface area contributed by atoms with Crippen LogP contribution in [-0.4, -0.2) is 53.2 Å². The van der Waals surface area contributed by atoms with E-state index in [2.05, 4.69) is 0 Å². The number of halogens is 1. The lowest BCUT2D eigenvalue weighted by molar-refractivity contribution is -0.142. The highest BCUT2D eigenvalue weighted by molar-refractivity contribution is 7.99. The van der Waals surface area contributed by atoms with Gasteiger partial charge in [0.2, 0.25) is 0 Å². The van der Waals surface area contributed by atoms with Gasteiger partial charge in [0.1, 0.15) is 11.8 Å². The van der Waals surface area contributed by atoms with Gasteiger partial charge < -0.3 is 9.84 Å². The van der Waals surface area contributed by atoms with Gasteiger partial charge in [-0.2, -0.15) is 11.8 Å². The van der Waals surface area contributed by atoms with Gasteiger partial charge in [0.15, 0.2) is 0 Å². The van der Waals surface area contributed by atoms with Crippen molar-refractivity contribution >= 4 is 29.3 Å². The Morgan fingerprint density at radius 2 is 2.20 bits per heavy atom. The fourth-order valence-electron chi connectivity index (χ4n) is 2.12. The summed E-state index contributed by atoms with van der Waals surface area (Å²) in [5.74, 6) is 1.74. The maximum atomic E-state index is 11.2. The molecule has 20 heavy (non-hydrogen) atoms. The summed E-state index contributed by atoms with van der Waals surface area (Å²) in [6.45, 7) is 2.17. The predicted molar refractivity (Wildman–Crippen MR) is 81.9 cm³/mol. The number of nitrogens with zero attached hydrogens (tertiary/aromatic N) is 1. The van der Waals surface area contributed by atoms with E-state index < -0.39 is 5.97 Å². The Labute approximate surface area is 128 Å². The molecule has 0 aromatic heterocycles. The van der Waals surface area contributed by atoms with Gasteiger partial charge in [-0.05, 0) is 30.7 Å². The monoisotopic (exact) mass is 315 g/mol. The third-order valence-corrected chi connectivity index (χ3v) is 4.47. The molecule has 1 saturated heterocycles. The van der Waals surface area contributed by atoms with Crippen molar-refractivity contribution < 1.29 is 14.6 Å². The van der Waals surface area contributed by atoms with Gasteiger partial charge in [0.05, 0.1) is 6.61 Å². The molecule has 0 bridgehead atoms. The Hall–Kier alpha value is -0.910. The van der Waals surface area contributed by atoms with Gasteiger partial charge in [-0.25, -0.2) is 0 Å². The summed E-state index contributed by atoms with van der Waals surface area (Å²) in [5, 5.41) is 9.86. The average molecular weight is 316 g/mol. The zero-order chi connectivity index (χ0) is 14.4. The van der Waals surface area contributed by atoms with E-state index in [1.54, 1.807) is 23.9 Å². The number of hydrogen-bond donors (Lipinski definition) is 1. The number of hydrogen-bond acceptors (Lipinski definition) is 4. The molecule has 0 amide bonds. The molecule has 1 aromatic rings. The highest BCUT2D eigenvalue weighted by Crippen LogP contribution is 2.18. The van der Waals surface area contributed by atoms with Gasteiger partial charge >= 0.3 is 5.97 Å². The zero-order valence-electron chi connectivity index (χ0n) is 11.1. The summed E-state index contributed by atoms with van der Waals surface area (Å²) in [4.78, 5) is 13.2. The molecule has 2 rings (SSSR count). The Morgan fingerprint density at radius 1 is 1.45 bits per heavy atom. The number of aliphatic carboxylic acids is 1. The molecule has 1 heterocycles. The van der Waals surface area contributed by atoms with Gasteiger partial charge in [0, 0.05) is 29.6 Å².